The van der Waals surface area contributed by atoms with Gasteiger partial charge in [0.2, 0.25) is 11.8 Å². The summed E-state index contributed by atoms with van der Waals surface area (Å²) in [5, 5.41) is 9.41. The molecule has 31 heavy (non-hydrogen) atoms. The number of carbonyl (C=O) groups is 2. The van der Waals surface area contributed by atoms with Gasteiger partial charge < -0.3 is 9.88 Å². The number of amides is 2. The summed E-state index contributed by atoms with van der Waals surface area (Å²) >= 11 is 0. The van der Waals surface area contributed by atoms with Crippen molar-refractivity contribution in [2.75, 3.05) is 5.32 Å². The molecule has 1 saturated carbocycles. The molecule has 1 aliphatic carbocycles. The number of anilines is 1. The fourth-order valence-corrected chi connectivity index (χ4v) is 4.56. The molecule has 1 heterocycles. The number of hydrazone groups is 1. The number of fused-ring (bicyclic) bond motifs is 3. The van der Waals surface area contributed by atoms with E-state index in [4.69, 9.17) is 0 Å². The molecule has 3 aromatic rings. The summed E-state index contributed by atoms with van der Waals surface area (Å²) in [7, 11) is 0. The molecular formula is C25H30N4O2. The third kappa shape index (κ3) is 4.63. The minimum Gasteiger partial charge on any atom is -0.341 e. The van der Waals surface area contributed by atoms with Gasteiger partial charge >= 0.3 is 0 Å². The summed E-state index contributed by atoms with van der Waals surface area (Å²) in [6, 6.07) is 14.3. The van der Waals surface area contributed by atoms with Crippen molar-refractivity contribution in [2.45, 2.75) is 58.9 Å². The maximum Gasteiger partial charge on any atom is 0.243 e. The largest absolute Gasteiger partial charge is 0.341 e. The Bertz CT molecular complexity index is 1140. The Balaban J connectivity index is 1.42. The first-order chi connectivity index (χ1) is 15.1. The molecule has 0 atom stereocenters. The number of hydrogen-bond acceptors (Lipinski definition) is 3. The lowest BCUT2D eigenvalue weighted by atomic mass is 9.89. The van der Waals surface area contributed by atoms with Crippen LogP contribution in [0.15, 0.2) is 47.6 Å². The molecule has 0 spiro atoms. The van der Waals surface area contributed by atoms with E-state index >= 15 is 0 Å². The van der Waals surface area contributed by atoms with Crippen LogP contribution in [0.5, 0.6) is 0 Å². The Labute approximate surface area is 182 Å². The number of carbonyl (C=O) groups excluding carboxylic acids is 2. The molecule has 2 aromatic carbocycles. The van der Waals surface area contributed by atoms with Crippen LogP contribution >= 0.6 is 0 Å². The second kappa shape index (κ2) is 9.33. The molecule has 6 nitrogen and oxygen atoms in total. The molecule has 4 rings (SSSR count). The number of rotatable bonds is 6. The average Bonchev–Trinajstić information content (AvgIpc) is 3.11. The quantitative estimate of drug-likeness (QED) is 0.426. The number of para-hydroxylation sites is 1. The predicted molar refractivity (Wildman–Crippen MR) is 126 cm³/mol. The van der Waals surface area contributed by atoms with Gasteiger partial charge in [0.1, 0.15) is 0 Å². The van der Waals surface area contributed by atoms with Gasteiger partial charge in [0.25, 0.3) is 0 Å². The molecule has 6 heteroatoms. The van der Waals surface area contributed by atoms with Crippen molar-refractivity contribution in [3.8, 4) is 0 Å². The first kappa shape index (κ1) is 21.1. The highest BCUT2D eigenvalue weighted by Gasteiger charge is 2.20. The number of benzene rings is 2. The standard InChI is InChI=1S/C25H30N4O2/c1-3-29-22-12-8-7-11-20(22)21-16-19(13-14-23(21)29)26-24(30)15-17(2)27-28-25(31)18-9-5-4-6-10-18/h7-8,11-14,16,18H,3-6,9-10,15H2,1-2H3,(H,26,30)(H,28,31)/b27-17-. The highest BCUT2D eigenvalue weighted by molar-refractivity contribution is 6.11. The Morgan fingerprint density at radius 2 is 1.77 bits per heavy atom. The van der Waals surface area contributed by atoms with E-state index in [-0.39, 0.29) is 24.2 Å². The van der Waals surface area contributed by atoms with Gasteiger partial charge in [-0.2, -0.15) is 5.10 Å². The molecule has 0 unspecified atom stereocenters. The first-order valence-corrected chi connectivity index (χ1v) is 11.2. The van der Waals surface area contributed by atoms with E-state index in [2.05, 4.69) is 45.5 Å². The summed E-state index contributed by atoms with van der Waals surface area (Å²) in [5.41, 5.74) is 6.34. The molecule has 2 N–H and O–H groups in total. The Kier molecular flexibility index (Phi) is 6.35. The number of aryl methyl sites for hydroxylation is 1. The fourth-order valence-electron chi connectivity index (χ4n) is 4.56. The lowest BCUT2D eigenvalue weighted by Gasteiger charge is -2.19. The van der Waals surface area contributed by atoms with Crippen LogP contribution in [-0.2, 0) is 16.1 Å². The van der Waals surface area contributed by atoms with Gasteiger partial charge in [-0.1, -0.05) is 37.5 Å². The van der Waals surface area contributed by atoms with Gasteiger partial charge in [0, 0.05) is 45.7 Å². The molecule has 0 saturated heterocycles. The zero-order chi connectivity index (χ0) is 21.8. The van der Waals surface area contributed by atoms with Crippen LogP contribution in [0.4, 0.5) is 5.69 Å². The molecule has 1 fully saturated rings. The molecule has 2 amide bonds. The zero-order valence-corrected chi connectivity index (χ0v) is 18.3. The van der Waals surface area contributed by atoms with Crippen molar-refractivity contribution in [3.05, 3.63) is 42.5 Å². The number of nitrogens with zero attached hydrogens (tertiary/aromatic N) is 2. The van der Waals surface area contributed by atoms with Crippen LogP contribution in [0.1, 0.15) is 52.4 Å². The van der Waals surface area contributed by atoms with E-state index in [0.29, 0.717) is 5.71 Å². The third-order valence-electron chi connectivity index (χ3n) is 6.12. The number of hydrogen-bond donors (Lipinski definition) is 2. The Morgan fingerprint density at radius 3 is 2.55 bits per heavy atom. The van der Waals surface area contributed by atoms with Crippen LogP contribution in [0, 0.1) is 5.92 Å². The van der Waals surface area contributed by atoms with Gasteiger partial charge in [-0.25, -0.2) is 5.43 Å². The second-order valence-electron chi connectivity index (χ2n) is 8.38. The van der Waals surface area contributed by atoms with Crippen LogP contribution in [0.3, 0.4) is 0 Å². The highest BCUT2D eigenvalue weighted by Crippen LogP contribution is 2.31. The fraction of sp³-hybridized carbons (Fsp3) is 0.400. The smallest absolute Gasteiger partial charge is 0.243 e. The van der Waals surface area contributed by atoms with E-state index in [9.17, 15) is 9.59 Å². The van der Waals surface area contributed by atoms with Gasteiger partial charge in [0.15, 0.2) is 0 Å². The monoisotopic (exact) mass is 418 g/mol. The highest BCUT2D eigenvalue weighted by atomic mass is 16.2. The number of nitrogens with one attached hydrogen (secondary N) is 2. The van der Waals surface area contributed by atoms with E-state index in [1.165, 1.54) is 17.3 Å². The summed E-state index contributed by atoms with van der Waals surface area (Å²) in [4.78, 5) is 24.7. The summed E-state index contributed by atoms with van der Waals surface area (Å²) < 4.78 is 2.28. The first-order valence-electron chi connectivity index (χ1n) is 11.2. The van der Waals surface area contributed by atoms with E-state index in [1.54, 1.807) is 6.92 Å². The second-order valence-corrected chi connectivity index (χ2v) is 8.38. The van der Waals surface area contributed by atoms with Crippen molar-refractivity contribution in [1.82, 2.24) is 9.99 Å². The zero-order valence-electron chi connectivity index (χ0n) is 18.3. The Morgan fingerprint density at radius 1 is 1.03 bits per heavy atom. The van der Waals surface area contributed by atoms with Crippen LogP contribution < -0.4 is 10.7 Å². The summed E-state index contributed by atoms with van der Waals surface area (Å²) in [5.74, 6) is -0.125. The summed E-state index contributed by atoms with van der Waals surface area (Å²) in [6.45, 7) is 4.79. The van der Waals surface area contributed by atoms with Gasteiger partial charge in [-0.3, -0.25) is 9.59 Å². The predicted octanol–water partition coefficient (Wildman–Crippen LogP) is 5.22. The minimum atomic E-state index is -0.147. The molecule has 0 radical (unpaired) electrons. The summed E-state index contributed by atoms with van der Waals surface area (Å²) in [6.07, 6.45) is 5.40. The molecular weight excluding hydrogens is 388 g/mol. The van der Waals surface area contributed by atoms with E-state index < -0.39 is 0 Å². The van der Waals surface area contributed by atoms with Crippen molar-refractivity contribution in [3.63, 3.8) is 0 Å². The molecule has 0 aliphatic heterocycles. The third-order valence-corrected chi connectivity index (χ3v) is 6.12. The van der Waals surface area contributed by atoms with Crippen LogP contribution in [-0.4, -0.2) is 22.1 Å². The maximum atomic E-state index is 12.5. The molecule has 1 aliphatic rings. The van der Waals surface area contributed by atoms with Gasteiger partial charge in [-0.05, 0) is 51.0 Å². The van der Waals surface area contributed by atoms with E-state index in [1.807, 2.05) is 24.3 Å². The van der Waals surface area contributed by atoms with Crippen molar-refractivity contribution < 1.29 is 9.59 Å². The van der Waals surface area contributed by atoms with Crippen molar-refractivity contribution in [2.24, 2.45) is 11.0 Å². The maximum absolute atomic E-state index is 12.5. The Hall–Kier alpha value is -3.15. The number of aromatic nitrogens is 1. The normalized spacial score (nSPS) is 15.4. The van der Waals surface area contributed by atoms with E-state index in [0.717, 1.165) is 48.8 Å². The van der Waals surface area contributed by atoms with Gasteiger partial charge in [-0.15, -0.1) is 0 Å². The minimum absolute atomic E-state index is 0.0303. The average molecular weight is 419 g/mol. The van der Waals surface area contributed by atoms with Crippen LogP contribution in [0.2, 0.25) is 0 Å². The SMILES string of the molecule is CCn1c2ccccc2c2cc(NC(=O)C/C(C)=N\NC(=O)C3CCCCC3)ccc21. The lowest BCUT2D eigenvalue weighted by molar-refractivity contribution is -0.126. The molecule has 162 valence electrons. The molecule has 1 aromatic heterocycles. The molecule has 0 bridgehead atoms. The van der Waals surface area contributed by atoms with Crippen LogP contribution in [0.25, 0.3) is 21.8 Å². The van der Waals surface area contributed by atoms with Gasteiger partial charge in [0.05, 0.1) is 6.42 Å². The lowest BCUT2D eigenvalue weighted by Crippen LogP contribution is -2.29. The van der Waals surface area contributed by atoms with Crippen molar-refractivity contribution in [1.29, 1.82) is 0 Å². The topological polar surface area (TPSA) is 75.5 Å². The van der Waals surface area contributed by atoms with Crippen molar-refractivity contribution >= 4 is 45.0 Å².